The molecule has 1 aliphatic carbocycles. The number of thiazole rings is 1. The Morgan fingerprint density at radius 2 is 2.09 bits per heavy atom. The Balaban J connectivity index is 1.09. The zero-order valence-electron chi connectivity index (χ0n) is 19.9. The fourth-order valence-electron chi connectivity index (χ4n) is 5.59. The van der Waals surface area contributed by atoms with E-state index in [2.05, 4.69) is 32.3 Å². The summed E-state index contributed by atoms with van der Waals surface area (Å²) in [6.07, 6.45) is 16.2. The summed E-state index contributed by atoms with van der Waals surface area (Å²) in [6, 6.07) is 2.84. The Kier molecular flexibility index (Phi) is 6.02. The van der Waals surface area contributed by atoms with Gasteiger partial charge in [0.2, 0.25) is 11.8 Å². The first-order valence-electron chi connectivity index (χ1n) is 12.7. The van der Waals surface area contributed by atoms with Gasteiger partial charge in [-0.2, -0.15) is 0 Å². The molecular weight excluding hydrogens is 458 g/mol. The van der Waals surface area contributed by atoms with Crippen LogP contribution in [0.15, 0.2) is 41.6 Å². The van der Waals surface area contributed by atoms with Gasteiger partial charge in [-0.05, 0) is 74.9 Å². The van der Waals surface area contributed by atoms with Crippen LogP contribution in [0.5, 0.6) is 0 Å². The second kappa shape index (κ2) is 9.32. The molecule has 1 spiro atoms. The van der Waals surface area contributed by atoms with E-state index in [1.54, 1.807) is 23.6 Å². The predicted molar refractivity (Wildman–Crippen MR) is 137 cm³/mol. The van der Waals surface area contributed by atoms with Crippen molar-refractivity contribution in [3.8, 4) is 0 Å². The maximum Gasteiger partial charge on any atom is 0.246 e. The van der Waals surface area contributed by atoms with E-state index in [0.717, 1.165) is 73.9 Å². The van der Waals surface area contributed by atoms with E-state index in [1.165, 1.54) is 18.4 Å². The van der Waals surface area contributed by atoms with Crippen LogP contribution in [-0.2, 0) is 22.4 Å². The molecular formula is C27H31N5O2S. The van der Waals surface area contributed by atoms with E-state index in [0.29, 0.717) is 12.4 Å². The van der Waals surface area contributed by atoms with Gasteiger partial charge in [0.05, 0.1) is 10.4 Å². The van der Waals surface area contributed by atoms with Crippen molar-refractivity contribution in [1.29, 1.82) is 0 Å². The lowest BCUT2D eigenvalue weighted by atomic mass is 9.71. The molecule has 2 fully saturated rings. The normalized spacial score (nSPS) is 22.2. The first-order chi connectivity index (χ1) is 17.1. The zero-order valence-corrected chi connectivity index (χ0v) is 20.7. The van der Waals surface area contributed by atoms with Crippen molar-refractivity contribution >= 4 is 35.0 Å². The van der Waals surface area contributed by atoms with Gasteiger partial charge in [-0.15, -0.1) is 11.3 Å². The second-order valence-corrected chi connectivity index (χ2v) is 11.3. The number of aromatic nitrogens is 2. The van der Waals surface area contributed by atoms with Crippen molar-refractivity contribution in [2.75, 3.05) is 31.5 Å². The van der Waals surface area contributed by atoms with Crippen molar-refractivity contribution in [2.24, 2.45) is 5.41 Å². The number of carbonyl (C=O) groups excluding carboxylic acids is 2. The predicted octanol–water partition coefficient (Wildman–Crippen LogP) is 3.69. The van der Waals surface area contributed by atoms with Crippen LogP contribution in [0.3, 0.4) is 0 Å². The van der Waals surface area contributed by atoms with E-state index in [1.807, 2.05) is 22.6 Å². The molecule has 8 heteroatoms. The van der Waals surface area contributed by atoms with E-state index < -0.39 is 0 Å². The molecule has 1 saturated carbocycles. The highest BCUT2D eigenvalue weighted by atomic mass is 32.1. The van der Waals surface area contributed by atoms with Crippen molar-refractivity contribution < 1.29 is 9.59 Å². The first kappa shape index (κ1) is 22.6. The van der Waals surface area contributed by atoms with Crippen LogP contribution < -0.4 is 5.32 Å². The third-order valence-electron chi connectivity index (χ3n) is 7.94. The zero-order chi connectivity index (χ0) is 23.8. The maximum atomic E-state index is 13.0. The molecule has 1 N–H and O–H groups in total. The van der Waals surface area contributed by atoms with Crippen LogP contribution in [0.2, 0.25) is 0 Å². The molecule has 0 unspecified atom stereocenters. The molecule has 0 aromatic carbocycles. The molecule has 2 aromatic heterocycles. The number of piperidine rings is 1. The van der Waals surface area contributed by atoms with Gasteiger partial charge in [-0.1, -0.05) is 11.6 Å². The molecule has 6 rings (SSSR count). The molecule has 3 aliphatic heterocycles. The maximum absolute atomic E-state index is 13.0. The lowest BCUT2D eigenvalue weighted by Crippen LogP contribution is -2.50. The van der Waals surface area contributed by atoms with E-state index >= 15 is 0 Å². The van der Waals surface area contributed by atoms with Crippen molar-refractivity contribution in [2.45, 2.75) is 51.0 Å². The number of hydrogen-bond acceptors (Lipinski definition) is 6. The van der Waals surface area contributed by atoms with Crippen LogP contribution in [0, 0.1) is 5.41 Å². The summed E-state index contributed by atoms with van der Waals surface area (Å²) in [6.45, 7) is 3.38. The molecule has 7 nitrogen and oxygen atoms in total. The van der Waals surface area contributed by atoms with Crippen molar-refractivity contribution in [3.63, 3.8) is 0 Å². The molecule has 1 saturated heterocycles. The number of anilines is 1. The number of rotatable bonds is 5. The summed E-state index contributed by atoms with van der Waals surface area (Å²) in [5, 5.41) is 6.19. The van der Waals surface area contributed by atoms with Crippen LogP contribution in [0.25, 0.3) is 6.08 Å². The van der Waals surface area contributed by atoms with Gasteiger partial charge in [-0.3, -0.25) is 9.59 Å². The third-order valence-corrected chi connectivity index (χ3v) is 8.72. The van der Waals surface area contributed by atoms with Crippen LogP contribution in [0.1, 0.15) is 48.2 Å². The van der Waals surface area contributed by atoms with Crippen LogP contribution >= 0.6 is 11.3 Å². The van der Waals surface area contributed by atoms with Crippen molar-refractivity contribution in [1.82, 2.24) is 19.8 Å². The highest BCUT2D eigenvalue weighted by molar-refractivity contribution is 7.09. The van der Waals surface area contributed by atoms with Gasteiger partial charge >= 0.3 is 0 Å². The summed E-state index contributed by atoms with van der Waals surface area (Å²) in [5.41, 5.74) is 3.00. The molecule has 0 radical (unpaired) electrons. The van der Waals surface area contributed by atoms with Gasteiger partial charge in [-0.25, -0.2) is 9.97 Å². The minimum Gasteiger partial charge on any atom is -0.335 e. The summed E-state index contributed by atoms with van der Waals surface area (Å²) in [5.74, 6) is 0.811. The third kappa shape index (κ3) is 4.82. The number of pyridine rings is 1. The molecule has 2 aromatic rings. The second-order valence-electron chi connectivity index (χ2n) is 10.3. The van der Waals surface area contributed by atoms with Gasteiger partial charge in [0.1, 0.15) is 5.82 Å². The molecule has 35 heavy (non-hydrogen) atoms. The highest BCUT2D eigenvalue weighted by Gasteiger charge is 2.46. The van der Waals surface area contributed by atoms with Crippen LogP contribution in [0.4, 0.5) is 5.82 Å². The van der Waals surface area contributed by atoms with Gasteiger partial charge in [0, 0.05) is 49.4 Å². The number of likely N-dealkylation sites (tertiary alicyclic amines) is 1. The summed E-state index contributed by atoms with van der Waals surface area (Å²) in [4.78, 5) is 39.0. The molecule has 5 heterocycles. The lowest BCUT2D eigenvalue weighted by Gasteiger charge is -2.43. The Morgan fingerprint density at radius 1 is 1.23 bits per heavy atom. The standard InChI is InChI=1S/C27H31N5O2S/c33-24(32-10-5-19(6-11-32)16-23-28-9-14-35-23)4-1-20-15-21-17-27(26(34)30-25(21)29-18-20)7-12-31(13-8-27)22-2-3-22/h1,4-5,9,14-15,18,22H,2-3,6-8,10-13,16-17H2,(H,29,30,34)/b4-1+. The molecule has 4 aliphatic rings. The quantitative estimate of drug-likeness (QED) is 0.512. The topological polar surface area (TPSA) is 78.4 Å². The van der Waals surface area contributed by atoms with Crippen molar-refractivity contribution in [3.05, 3.63) is 57.7 Å². The average molecular weight is 490 g/mol. The van der Waals surface area contributed by atoms with E-state index in [9.17, 15) is 9.59 Å². The fraction of sp³-hybridized carbons (Fsp3) is 0.481. The summed E-state index contributed by atoms with van der Waals surface area (Å²) >= 11 is 1.68. The SMILES string of the molecule is O=C(/C=C/c1cnc2c(c1)CC1(CCN(C3CC3)CC1)C(=O)N2)N1CC=C(Cc2nccs2)CC1. The van der Waals surface area contributed by atoms with Gasteiger partial charge in [0.15, 0.2) is 0 Å². The van der Waals surface area contributed by atoms with E-state index in [-0.39, 0.29) is 17.2 Å². The Hall–Kier alpha value is -2.84. The fourth-order valence-corrected chi connectivity index (χ4v) is 6.26. The average Bonchev–Trinajstić information content (AvgIpc) is 3.60. The number of nitrogens with zero attached hydrogens (tertiary/aromatic N) is 4. The Bertz CT molecular complexity index is 1180. The Morgan fingerprint density at radius 3 is 2.80 bits per heavy atom. The lowest BCUT2D eigenvalue weighted by molar-refractivity contribution is -0.129. The Labute approximate surface area is 209 Å². The number of fused-ring (bicyclic) bond motifs is 1. The summed E-state index contributed by atoms with van der Waals surface area (Å²) < 4.78 is 0. The number of hydrogen-bond donors (Lipinski definition) is 1. The number of carbonyl (C=O) groups is 2. The molecule has 2 amide bonds. The first-order valence-corrected chi connectivity index (χ1v) is 13.5. The monoisotopic (exact) mass is 489 g/mol. The minimum atomic E-state index is -0.325. The molecule has 182 valence electrons. The smallest absolute Gasteiger partial charge is 0.246 e. The molecule has 0 atom stereocenters. The molecule has 0 bridgehead atoms. The van der Waals surface area contributed by atoms with Gasteiger partial charge < -0.3 is 15.1 Å². The number of amides is 2. The highest BCUT2D eigenvalue weighted by Crippen LogP contribution is 2.43. The largest absolute Gasteiger partial charge is 0.335 e. The van der Waals surface area contributed by atoms with Crippen LogP contribution in [-0.4, -0.2) is 63.8 Å². The van der Waals surface area contributed by atoms with E-state index in [4.69, 9.17) is 0 Å². The minimum absolute atomic E-state index is 0.0180. The number of nitrogens with one attached hydrogen (secondary N) is 1. The summed E-state index contributed by atoms with van der Waals surface area (Å²) in [7, 11) is 0. The van der Waals surface area contributed by atoms with Gasteiger partial charge in [0.25, 0.3) is 0 Å².